The summed E-state index contributed by atoms with van der Waals surface area (Å²) in [5.74, 6) is 0.753. The summed E-state index contributed by atoms with van der Waals surface area (Å²) < 4.78 is 1.33. The third kappa shape index (κ3) is 3.95. The standard InChI is InChI=1S/C10H16INS/c1-7(2)3-4-9(12)8-5-10(11)13-6-8/h5-7,9H,3-4,12H2,1-2H3. The molecule has 0 saturated heterocycles. The second kappa shape index (κ2) is 5.32. The number of hydrogen-bond acceptors (Lipinski definition) is 2. The lowest BCUT2D eigenvalue weighted by atomic mass is 10.0. The maximum absolute atomic E-state index is 6.06. The molecule has 0 fully saturated rings. The molecule has 1 aromatic heterocycles. The normalized spacial score (nSPS) is 13.6. The molecule has 0 amide bonds. The highest BCUT2D eigenvalue weighted by molar-refractivity contribution is 14.1. The van der Waals surface area contributed by atoms with E-state index >= 15 is 0 Å². The summed E-state index contributed by atoms with van der Waals surface area (Å²) in [5.41, 5.74) is 7.36. The molecule has 1 nitrogen and oxygen atoms in total. The molecule has 0 aliphatic rings. The molecule has 13 heavy (non-hydrogen) atoms. The summed E-state index contributed by atoms with van der Waals surface area (Å²) in [6.45, 7) is 4.48. The second-order valence-electron chi connectivity index (χ2n) is 3.76. The van der Waals surface area contributed by atoms with Crippen LogP contribution in [0.2, 0.25) is 0 Å². The molecular weight excluding hydrogens is 293 g/mol. The van der Waals surface area contributed by atoms with Gasteiger partial charge in [0.2, 0.25) is 0 Å². The minimum Gasteiger partial charge on any atom is -0.324 e. The molecule has 0 spiro atoms. The Kier molecular flexibility index (Phi) is 4.69. The first kappa shape index (κ1) is 11.5. The Morgan fingerprint density at radius 3 is 2.62 bits per heavy atom. The van der Waals surface area contributed by atoms with Crippen LogP contribution in [-0.2, 0) is 0 Å². The average molecular weight is 309 g/mol. The van der Waals surface area contributed by atoms with Crippen LogP contribution in [0.3, 0.4) is 0 Å². The SMILES string of the molecule is CC(C)CCC(N)c1csc(I)c1. The zero-order chi connectivity index (χ0) is 9.84. The van der Waals surface area contributed by atoms with Crippen molar-refractivity contribution in [2.24, 2.45) is 11.7 Å². The number of hydrogen-bond donors (Lipinski definition) is 1. The van der Waals surface area contributed by atoms with Gasteiger partial charge in [-0.05, 0) is 58.4 Å². The van der Waals surface area contributed by atoms with Gasteiger partial charge in [0.25, 0.3) is 0 Å². The maximum Gasteiger partial charge on any atom is 0.0656 e. The fourth-order valence-corrected chi connectivity index (χ4v) is 2.63. The molecule has 0 radical (unpaired) electrons. The zero-order valence-corrected chi connectivity index (χ0v) is 11.1. The Hall–Kier alpha value is 0.390. The van der Waals surface area contributed by atoms with E-state index in [9.17, 15) is 0 Å². The van der Waals surface area contributed by atoms with Crippen molar-refractivity contribution in [3.63, 3.8) is 0 Å². The van der Waals surface area contributed by atoms with Gasteiger partial charge >= 0.3 is 0 Å². The monoisotopic (exact) mass is 309 g/mol. The van der Waals surface area contributed by atoms with E-state index in [-0.39, 0.29) is 6.04 Å². The molecule has 0 bridgehead atoms. The van der Waals surface area contributed by atoms with E-state index in [0.29, 0.717) is 0 Å². The van der Waals surface area contributed by atoms with Gasteiger partial charge in [-0.1, -0.05) is 13.8 Å². The van der Waals surface area contributed by atoms with Gasteiger partial charge in [0, 0.05) is 6.04 Å². The van der Waals surface area contributed by atoms with E-state index in [4.69, 9.17) is 5.73 Å². The van der Waals surface area contributed by atoms with Gasteiger partial charge in [0.15, 0.2) is 0 Å². The topological polar surface area (TPSA) is 26.0 Å². The maximum atomic E-state index is 6.06. The second-order valence-corrected chi connectivity index (χ2v) is 6.57. The molecule has 1 atom stereocenters. The van der Waals surface area contributed by atoms with E-state index in [2.05, 4.69) is 47.9 Å². The molecule has 1 aromatic rings. The van der Waals surface area contributed by atoms with E-state index in [1.165, 1.54) is 14.9 Å². The van der Waals surface area contributed by atoms with Crippen LogP contribution in [0.15, 0.2) is 11.4 Å². The molecule has 0 aromatic carbocycles. The number of thiophene rings is 1. The zero-order valence-electron chi connectivity index (χ0n) is 8.09. The molecule has 0 aliphatic carbocycles. The van der Waals surface area contributed by atoms with Crippen molar-refractivity contribution >= 4 is 33.9 Å². The highest BCUT2D eigenvalue weighted by atomic mass is 127. The van der Waals surface area contributed by atoms with E-state index in [0.717, 1.165) is 12.3 Å². The van der Waals surface area contributed by atoms with Crippen molar-refractivity contribution in [2.45, 2.75) is 32.7 Å². The quantitative estimate of drug-likeness (QED) is 0.842. The first-order valence-electron chi connectivity index (χ1n) is 4.59. The number of halogens is 1. The van der Waals surface area contributed by atoms with Crippen LogP contribution in [0.25, 0.3) is 0 Å². The smallest absolute Gasteiger partial charge is 0.0656 e. The highest BCUT2D eigenvalue weighted by Gasteiger charge is 2.08. The highest BCUT2D eigenvalue weighted by Crippen LogP contribution is 2.24. The Bertz CT molecular complexity index is 257. The predicted octanol–water partition coefficient (Wildman–Crippen LogP) is 3.79. The van der Waals surface area contributed by atoms with Gasteiger partial charge in [0.05, 0.1) is 2.88 Å². The summed E-state index contributed by atoms with van der Waals surface area (Å²) in [7, 11) is 0. The van der Waals surface area contributed by atoms with Crippen molar-refractivity contribution in [1.82, 2.24) is 0 Å². The average Bonchev–Trinajstić information content (AvgIpc) is 2.47. The van der Waals surface area contributed by atoms with Gasteiger partial charge in [-0.3, -0.25) is 0 Å². The number of nitrogens with two attached hydrogens (primary N) is 1. The summed E-state index contributed by atoms with van der Waals surface area (Å²) in [4.78, 5) is 0. The van der Waals surface area contributed by atoms with E-state index in [1.807, 2.05) is 0 Å². The van der Waals surface area contributed by atoms with Crippen LogP contribution in [0.4, 0.5) is 0 Å². The summed E-state index contributed by atoms with van der Waals surface area (Å²) >= 11 is 4.11. The van der Waals surface area contributed by atoms with Crippen LogP contribution >= 0.6 is 33.9 Å². The molecule has 1 heterocycles. The van der Waals surface area contributed by atoms with Crippen molar-refractivity contribution in [3.8, 4) is 0 Å². The van der Waals surface area contributed by atoms with Crippen molar-refractivity contribution < 1.29 is 0 Å². The first-order chi connectivity index (χ1) is 6.09. The van der Waals surface area contributed by atoms with Gasteiger partial charge < -0.3 is 5.73 Å². The lowest BCUT2D eigenvalue weighted by Gasteiger charge is -2.11. The lowest BCUT2D eigenvalue weighted by molar-refractivity contribution is 0.508. The fraction of sp³-hybridized carbons (Fsp3) is 0.600. The van der Waals surface area contributed by atoms with Crippen molar-refractivity contribution in [2.75, 3.05) is 0 Å². The molecule has 2 N–H and O–H groups in total. The van der Waals surface area contributed by atoms with Gasteiger partial charge in [-0.25, -0.2) is 0 Å². The van der Waals surface area contributed by atoms with Crippen LogP contribution in [0.5, 0.6) is 0 Å². The third-order valence-electron chi connectivity index (χ3n) is 2.07. The Morgan fingerprint density at radius 2 is 2.15 bits per heavy atom. The molecule has 0 aliphatic heterocycles. The summed E-state index contributed by atoms with van der Waals surface area (Å²) in [6.07, 6.45) is 2.32. The van der Waals surface area contributed by atoms with Crippen LogP contribution < -0.4 is 5.73 Å². The van der Waals surface area contributed by atoms with Gasteiger partial charge in [0.1, 0.15) is 0 Å². The molecule has 1 unspecified atom stereocenters. The molecule has 0 saturated carbocycles. The van der Waals surface area contributed by atoms with Crippen molar-refractivity contribution in [1.29, 1.82) is 0 Å². The van der Waals surface area contributed by atoms with Crippen LogP contribution in [-0.4, -0.2) is 0 Å². The Labute approximate surface area is 97.9 Å². The van der Waals surface area contributed by atoms with Gasteiger partial charge in [-0.2, -0.15) is 0 Å². The fourth-order valence-electron chi connectivity index (χ4n) is 1.20. The lowest BCUT2D eigenvalue weighted by Crippen LogP contribution is -2.10. The van der Waals surface area contributed by atoms with Crippen LogP contribution in [0.1, 0.15) is 38.3 Å². The van der Waals surface area contributed by atoms with Crippen LogP contribution in [0, 0.1) is 8.80 Å². The first-order valence-corrected chi connectivity index (χ1v) is 6.55. The van der Waals surface area contributed by atoms with E-state index in [1.54, 1.807) is 11.3 Å². The predicted molar refractivity (Wildman–Crippen MR) is 68.0 cm³/mol. The van der Waals surface area contributed by atoms with E-state index < -0.39 is 0 Å². The molecule has 3 heteroatoms. The van der Waals surface area contributed by atoms with Crippen molar-refractivity contribution in [3.05, 3.63) is 19.9 Å². The largest absolute Gasteiger partial charge is 0.324 e. The third-order valence-corrected chi connectivity index (χ3v) is 3.88. The Balaban J connectivity index is 2.44. The number of rotatable bonds is 4. The molecular formula is C10H16INS. The van der Waals surface area contributed by atoms with Gasteiger partial charge in [-0.15, -0.1) is 11.3 Å². The molecule has 74 valence electrons. The minimum atomic E-state index is 0.238. The summed E-state index contributed by atoms with van der Waals surface area (Å²) in [6, 6.07) is 2.43. The minimum absolute atomic E-state index is 0.238. The summed E-state index contributed by atoms with van der Waals surface area (Å²) in [5, 5.41) is 2.17. The molecule has 1 rings (SSSR count). The Morgan fingerprint density at radius 1 is 1.46 bits per heavy atom.